The van der Waals surface area contributed by atoms with E-state index in [2.05, 4.69) is 25.5 Å². The van der Waals surface area contributed by atoms with Gasteiger partial charge in [-0.1, -0.05) is 6.42 Å². The third-order valence-corrected chi connectivity index (χ3v) is 4.53. The van der Waals surface area contributed by atoms with Gasteiger partial charge in [0, 0.05) is 25.2 Å². The number of aromatic nitrogens is 2. The highest BCUT2D eigenvalue weighted by Gasteiger charge is 2.36. The SMILES string of the molecule is CCNc1ncnc(NC2CCN3CCCCC23)c1OC. The Morgan fingerprint density at radius 3 is 2.90 bits per heavy atom. The molecule has 3 heterocycles. The number of rotatable bonds is 5. The van der Waals surface area contributed by atoms with Gasteiger partial charge >= 0.3 is 0 Å². The predicted molar refractivity (Wildman–Crippen MR) is 84.0 cm³/mol. The zero-order chi connectivity index (χ0) is 14.7. The maximum atomic E-state index is 5.51. The minimum atomic E-state index is 0.462. The Hall–Kier alpha value is -1.56. The third kappa shape index (κ3) is 2.90. The van der Waals surface area contributed by atoms with Crippen LogP contribution in [-0.4, -0.2) is 53.7 Å². The van der Waals surface area contributed by atoms with E-state index < -0.39 is 0 Å². The van der Waals surface area contributed by atoms with E-state index in [1.54, 1.807) is 13.4 Å². The van der Waals surface area contributed by atoms with Crippen LogP contribution in [-0.2, 0) is 0 Å². The molecule has 21 heavy (non-hydrogen) atoms. The minimum Gasteiger partial charge on any atom is -0.490 e. The molecule has 2 unspecified atom stereocenters. The van der Waals surface area contributed by atoms with Gasteiger partial charge in [-0.3, -0.25) is 4.90 Å². The maximum Gasteiger partial charge on any atom is 0.204 e. The number of ether oxygens (including phenoxy) is 1. The first kappa shape index (κ1) is 14.4. The van der Waals surface area contributed by atoms with Crippen molar-refractivity contribution in [2.75, 3.05) is 37.4 Å². The lowest BCUT2D eigenvalue weighted by Crippen LogP contribution is -2.41. The number of anilines is 2. The van der Waals surface area contributed by atoms with Crippen molar-refractivity contribution in [2.45, 2.75) is 44.7 Å². The van der Waals surface area contributed by atoms with Crippen LogP contribution in [0.25, 0.3) is 0 Å². The van der Waals surface area contributed by atoms with Gasteiger partial charge in [0.25, 0.3) is 0 Å². The van der Waals surface area contributed by atoms with E-state index in [1.807, 2.05) is 6.92 Å². The number of hydrogen-bond donors (Lipinski definition) is 2. The number of nitrogens with one attached hydrogen (secondary N) is 2. The quantitative estimate of drug-likeness (QED) is 0.864. The smallest absolute Gasteiger partial charge is 0.204 e. The van der Waals surface area contributed by atoms with Crippen molar-refractivity contribution in [1.82, 2.24) is 14.9 Å². The molecular formula is C15H25N5O. The second-order valence-corrected chi connectivity index (χ2v) is 5.77. The summed E-state index contributed by atoms with van der Waals surface area (Å²) >= 11 is 0. The molecule has 2 atom stereocenters. The predicted octanol–water partition coefficient (Wildman–Crippen LogP) is 1.96. The van der Waals surface area contributed by atoms with Crippen LogP contribution in [0.15, 0.2) is 6.33 Å². The van der Waals surface area contributed by atoms with Crippen LogP contribution in [0.4, 0.5) is 11.6 Å². The van der Waals surface area contributed by atoms with Crippen LogP contribution < -0.4 is 15.4 Å². The van der Waals surface area contributed by atoms with E-state index in [4.69, 9.17) is 4.74 Å². The number of hydrogen-bond acceptors (Lipinski definition) is 6. The van der Waals surface area contributed by atoms with E-state index >= 15 is 0 Å². The van der Waals surface area contributed by atoms with Gasteiger partial charge in [-0.25, -0.2) is 9.97 Å². The van der Waals surface area contributed by atoms with Gasteiger partial charge in [-0.15, -0.1) is 0 Å². The monoisotopic (exact) mass is 291 g/mol. The fourth-order valence-electron chi connectivity index (χ4n) is 3.55. The molecule has 0 saturated carbocycles. The molecule has 0 radical (unpaired) electrons. The van der Waals surface area contributed by atoms with Crippen molar-refractivity contribution in [3.8, 4) is 5.75 Å². The van der Waals surface area contributed by atoms with E-state index in [-0.39, 0.29) is 0 Å². The molecule has 2 aliphatic rings. The van der Waals surface area contributed by atoms with Crippen LogP contribution in [0.1, 0.15) is 32.6 Å². The van der Waals surface area contributed by atoms with Crippen molar-refractivity contribution in [3.63, 3.8) is 0 Å². The fraction of sp³-hybridized carbons (Fsp3) is 0.733. The number of nitrogens with zero attached hydrogens (tertiary/aromatic N) is 3. The molecule has 6 heteroatoms. The molecule has 0 amide bonds. The summed E-state index contributed by atoms with van der Waals surface area (Å²) < 4.78 is 5.51. The zero-order valence-electron chi connectivity index (χ0n) is 12.9. The third-order valence-electron chi connectivity index (χ3n) is 4.53. The molecule has 6 nitrogen and oxygen atoms in total. The summed E-state index contributed by atoms with van der Waals surface area (Å²) in [6.45, 7) is 5.29. The molecule has 0 spiro atoms. The molecule has 3 rings (SSSR count). The molecule has 0 aliphatic carbocycles. The van der Waals surface area contributed by atoms with Crippen molar-refractivity contribution in [1.29, 1.82) is 0 Å². The second-order valence-electron chi connectivity index (χ2n) is 5.77. The molecular weight excluding hydrogens is 266 g/mol. The van der Waals surface area contributed by atoms with Gasteiger partial charge in [0.15, 0.2) is 11.6 Å². The first-order chi connectivity index (χ1) is 10.3. The zero-order valence-corrected chi connectivity index (χ0v) is 12.9. The Morgan fingerprint density at radius 2 is 2.10 bits per heavy atom. The van der Waals surface area contributed by atoms with Gasteiger partial charge < -0.3 is 15.4 Å². The maximum absolute atomic E-state index is 5.51. The summed E-state index contributed by atoms with van der Waals surface area (Å²) in [5.74, 6) is 2.28. The first-order valence-corrected chi connectivity index (χ1v) is 7.97. The Morgan fingerprint density at radius 1 is 1.24 bits per heavy atom. The molecule has 1 aromatic heterocycles. The van der Waals surface area contributed by atoms with E-state index in [0.29, 0.717) is 17.8 Å². The molecule has 0 aromatic carbocycles. The summed E-state index contributed by atoms with van der Waals surface area (Å²) in [7, 11) is 1.67. The molecule has 1 aromatic rings. The van der Waals surface area contributed by atoms with Gasteiger partial charge in [-0.05, 0) is 32.7 Å². The summed E-state index contributed by atoms with van der Waals surface area (Å²) in [6, 6.07) is 1.10. The average molecular weight is 291 g/mol. The van der Waals surface area contributed by atoms with E-state index in [1.165, 1.54) is 38.8 Å². The number of methoxy groups -OCH3 is 1. The average Bonchev–Trinajstić information content (AvgIpc) is 2.91. The first-order valence-electron chi connectivity index (χ1n) is 7.97. The van der Waals surface area contributed by atoms with Crippen LogP contribution >= 0.6 is 0 Å². The van der Waals surface area contributed by atoms with Crippen LogP contribution in [0.3, 0.4) is 0 Å². The topological polar surface area (TPSA) is 62.3 Å². The molecule has 2 aliphatic heterocycles. The standard InChI is InChI=1S/C15H25N5O/c1-3-16-14-13(21-2)15(18-10-17-14)19-11-7-9-20-8-5-4-6-12(11)20/h10-12H,3-9H2,1-2H3,(H2,16,17,18,19). The molecule has 2 fully saturated rings. The van der Waals surface area contributed by atoms with Gasteiger partial charge in [0.2, 0.25) is 5.75 Å². The highest BCUT2D eigenvalue weighted by atomic mass is 16.5. The van der Waals surface area contributed by atoms with Crippen molar-refractivity contribution < 1.29 is 4.74 Å². The lowest BCUT2D eigenvalue weighted by Gasteiger charge is -2.32. The van der Waals surface area contributed by atoms with Crippen molar-refractivity contribution >= 4 is 11.6 Å². The van der Waals surface area contributed by atoms with Crippen molar-refractivity contribution in [3.05, 3.63) is 6.33 Å². The second kappa shape index (κ2) is 6.47. The van der Waals surface area contributed by atoms with Crippen molar-refractivity contribution in [2.24, 2.45) is 0 Å². The summed E-state index contributed by atoms with van der Waals surface area (Å²) in [6.07, 6.45) is 6.73. The van der Waals surface area contributed by atoms with Crippen LogP contribution in [0.2, 0.25) is 0 Å². The summed E-state index contributed by atoms with van der Waals surface area (Å²) in [5.41, 5.74) is 0. The van der Waals surface area contributed by atoms with Gasteiger partial charge in [0.05, 0.1) is 7.11 Å². The summed E-state index contributed by atoms with van der Waals surface area (Å²) in [4.78, 5) is 11.3. The Labute approximate surface area is 126 Å². The van der Waals surface area contributed by atoms with Gasteiger partial charge in [0.1, 0.15) is 6.33 Å². The van der Waals surface area contributed by atoms with Crippen LogP contribution in [0.5, 0.6) is 5.75 Å². The lowest BCUT2D eigenvalue weighted by atomic mass is 9.99. The van der Waals surface area contributed by atoms with Crippen LogP contribution in [0, 0.1) is 0 Å². The molecule has 116 valence electrons. The fourth-order valence-corrected chi connectivity index (χ4v) is 3.55. The highest BCUT2D eigenvalue weighted by molar-refractivity contribution is 5.64. The highest BCUT2D eigenvalue weighted by Crippen LogP contribution is 2.33. The molecule has 2 N–H and O–H groups in total. The lowest BCUT2D eigenvalue weighted by molar-refractivity contribution is 0.192. The normalized spacial score (nSPS) is 25.4. The minimum absolute atomic E-state index is 0.462. The Balaban J connectivity index is 1.76. The van der Waals surface area contributed by atoms with E-state index in [0.717, 1.165) is 18.2 Å². The molecule has 0 bridgehead atoms. The van der Waals surface area contributed by atoms with Gasteiger partial charge in [-0.2, -0.15) is 0 Å². The number of piperidine rings is 1. The largest absolute Gasteiger partial charge is 0.490 e. The molecule has 2 saturated heterocycles. The number of fused-ring (bicyclic) bond motifs is 1. The Kier molecular flexibility index (Phi) is 4.43. The Bertz CT molecular complexity index is 481. The summed E-state index contributed by atoms with van der Waals surface area (Å²) in [5, 5.41) is 6.82. The van der Waals surface area contributed by atoms with E-state index in [9.17, 15) is 0 Å².